The summed E-state index contributed by atoms with van der Waals surface area (Å²) in [7, 11) is 0. The Kier molecular flexibility index (Phi) is 7.07. The standard InChI is InChI=1S/C20H26N2O4/c23-20(21-14-16-9-11-24-15-16)13-17-12-19(26-22-17)8-4-5-10-25-18-6-2-1-3-7-18/h1-3,6-7,12,16H,4-5,8-11,13-15H2,(H,21,23). The Bertz CT molecular complexity index is 665. The minimum atomic E-state index is -0.0204. The Hall–Kier alpha value is -2.34. The summed E-state index contributed by atoms with van der Waals surface area (Å²) in [6.45, 7) is 2.88. The van der Waals surface area contributed by atoms with Gasteiger partial charge in [0.2, 0.25) is 5.91 Å². The first-order valence-electron chi connectivity index (χ1n) is 9.26. The number of ether oxygens (including phenoxy) is 2. The summed E-state index contributed by atoms with van der Waals surface area (Å²) in [5, 5.41) is 6.93. The number of amides is 1. The molecule has 0 saturated carbocycles. The quantitative estimate of drug-likeness (QED) is 0.661. The normalized spacial score (nSPS) is 16.5. The van der Waals surface area contributed by atoms with Crippen molar-refractivity contribution in [3.8, 4) is 5.75 Å². The van der Waals surface area contributed by atoms with Gasteiger partial charge in [0.05, 0.1) is 25.3 Å². The Morgan fingerprint density at radius 2 is 2.15 bits per heavy atom. The second-order valence-electron chi connectivity index (χ2n) is 6.61. The zero-order chi connectivity index (χ0) is 18.0. The van der Waals surface area contributed by atoms with Gasteiger partial charge in [-0.2, -0.15) is 0 Å². The molecule has 1 aromatic carbocycles. The molecule has 2 heterocycles. The predicted molar refractivity (Wildman–Crippen MR) is 97.0 cm³/mol. The van der Waals surface area contributed by atoms with E-state index >= 15 is 0 Å². The number of hydrogen-bond donors (Lipinski definition) is 1. The van der Waals surface area contributed by atoms with E-state index in [1.807, 2.05) is 36.4 Å². The van der Waals surface area contributed by atoms with Gasteiger partial charge in [-0.15, -0.1) is 0 Å². The van der Waals surface area contributed by atoms with E-state index in [2.05, 4.69) is 10.5 Å². The van der Waals surface area contributed by atoms with Crippen molar-refractivity contribution < 1.29 is 18.8 Å². The maximum Gasteiger partial charge on any atom is 0.226 e. The molecular weight excluding hydrogens is 332 g/mol. The van der Waals surface area contributed by atoms with Crippen LogP contribution < -0.4 is 10.1 Å². The van der Waals surface area contributed by atoms with E-state index in [0.717, 1.165) is 50.4 Å². The molecule has 1 aromatic heterocycles. The number of nitrogens with one attached hydrogen (secondary N) is 1. The van der Waals surface area contributed by atoms with Gasteiger partial charge in [0.25, 0.3) is 0 Å². The summed E-state index contributed by atoms with van der Waals surface area (Å²) in [6, 6.07) is 11.7. The van der Waals surface area contributed by atoms with Gasteiger partial charge in [-0.3, -0.25) is 4.79 Å². The van der Waals surface area contributed by atoms with Gasteiger partial charge in [-0.25, -0.2) is 0 Å². The first-order chi connectivity index (χ1) is 12.8. The lowest BCUT2D eigenvalue weighted by molar-refractivity contribution is -0.120. The highest BCUT2D eigenvalue weighted by Crippen LogP contribution is 2.12. The fraction of sp³-hybridized carbons (Fsp3) is 0.500. The molecule has 0 spiro atoms. The fourth-order valence-corrected chi connectivity index (χ4v) is 2.89. The number of carbonyl (C=O) groups excluding carboxylic acids is 1. The lowest BCUT2D eigenvalue weighted by Gasteiger charge is -2.08. The highest BCUT2D eigenvalue weighted by molar-refractivity contribution is 5.78. The molecule has 0 bridgehead atoms. The zero-order valence-corrected chi connectivity index (χ0v) is 15.0. The van der Waals surface area contributed by atoms with Gasteiger partial charge in [-0.05, 0) is 31.4 Å². The molecule has 1 aliphatic rings. The van der Waals surface area contributed by atoms with Gasteiger partial charge in [0.1, 0.15) is 11.5 Å². The molecule has 1 amide bonds. The Balaban J connectivity index is 1.29. The molecule has 1 unspecified atom stereocenters. The molecule has 0 radical (unpaired) electrons. The number of aromatic nitrogens is 1. The van der Waals surface area contributed by atoms with Crippen molar-refractivity contribution in [2.45, 2.75) is 32.1 Å². The maximum atomic E-state index is 12.0. The molecule has 140 valence electrons. The predicted octanol–water partition coefficient (Wildman–Crippen LogP) is 2.77. The average molecular weight is 358 g/mol. The molecule has 6 heteroatoms. The van der Waals surface area contributed by atoms with Crippen LogP contribution in [-0.4, -0.2) is 37.4 Å². The maximum absolute atomic E-state index is 12.0. The van der Waals surface area contributed by atoms with Gasteiger partial charge in [0, 0.05) is 31.6 Å². The SMILES string of the molecule is O=C(Cc1cc(CCCCOc2ccccc2)on1)NCC1CCOC1. The zero-order valence-electron chi connectivity index (χ0n) is 15.0. The molecular formula is C20H26N2O4. The molecule has 1 N–H and O–H groups in total. The van der Waals surface area contributed by atoms with E-state index in [0.29, 0.717) is 24.8 Å². The van der Waals surface area contributed by atoms with E-state index < -0.39 is 0 Å². The minimum Gasteiger partial charge on any atom is -0.494 e. The molecule has 0 aliphatic carbocycles. The Morgan fingerprint density at radius 3 is 2.96 bits per heavy atom. The Labute approximate surface area is 153 Å². The lowest BCUT2D eigenvalue weighted by atomic mass is 10.1. The number of aryl methyl sites for hydroxylation is 1. The van der Waals surface area contributed by atoms with E-state index in [1.165, 1.54) is 0 Å². The molecule has 1 aliphatic heterocycles. The topological polar surface area (TPSA) is 73.6 Å². The van der Waals surface area contributed by atoms with Crippen molar-refractivity contribution in [3.63, 3.8) is 0 Å². The van der Waals surface area contributed by atoms with Crippen LogP contribution in [0.5, 0.6) is 5.75 Å². The van der Waals surface area contributed by atoms with Crippen LogP contribution in [0.15, 0.2) is 40.9 Å². The number of carbonyl (C=O) groups is 1. The van der Waals surface area contributed by atoms with E-state index in [9.17, 15) is 4.79 Å². The third kappa shape index (κ3) is 6.19. The van der Waals surface area contributed by atoms with E-state index in [1.54, 1.807) is 0 Å². The highest BCUT2D eigenvalue weighted by atomic mass is 16.5. The number of rotatable bonds is 10. The molecule has 1 fully saturated rings. The number of para-hydroxylation sites is 1. The molecule has 1 saturated heterocycles. The van der Waals surface area contributed by atoms with E-state index in [4.69, 9.17) is 14.0 Å². The van der Waals surface area contributed by atoms with Crippen LogP contribution >= 0.6 is 0 Å². The van der Waals surface area contributed by atoms with Crippen LogP contribution in [-0.2, 0) is 22.4 Å². The van der Waals surface area contributed by atoms with Crippen molar-refractivity contribution in [2.75, 3.05) is 26.4 Å². The second kappa shape index (κ2) is 9.97. The average Bonchev–Trinajstić information content (AvgIpc) is 3.33. The van der Waals surface area contributed by atoms with Crippen LogP contribution in [0, 0.1) is 5.92 Å². The summed E-state index contributed by atoms with van der Waals surface area (Å²) in [5.74, 6) is 2.12. The van der Waals surface area contributed by atoms with Gasteiger partial charge >= 0.3 is 0 Å². The van der Waals surface area contributed by atoms with E-state index in [-0.39, 0.29) is 12.3 Å². The van der Waals surface area contributed by atoms with Crippen molar-refractivity contribution >= 4 is 5.91 Å². The van der Waals surface area contributed by atoms with Gasteiger partial charge in [0.15, 0.2) is 0 Å². The lowest BCUT2D eigenvalue weighted by Crippen LogP contribution is -2.30. The summed E-state index contributed by atoms with van der Waals surface area (Å²) < 4.78 is 16.3. The van der Waals surface area contributed by atoms with Crippen LogP contribution in [0.2, 0.25) is 0 Å². The minimum absolute atomic E-state index is 0.0204. The third-order valence-electron chi connectivity index (χ3n) is 4.39. The highest BCUT2D eigenvalue weighted by Gasteiger charge is 2.17. The largest absolute Gasteiger partial charge is 0.494 e. The van der Waals surface area contributed by atoms with Crippen molar-refractivity contribution in [2.24, 2.45) is 5.92 Å². The summed E-state index contributed by atoms with van der Waals surface area (Å²) in [6.07, 6.45) is 3.97. The number of hydrogen-bond acceptors (Lipinski definition) is 5. The number of benzene rings is 1. The van der Waals surface area contributed by atoms with Crippen LogP contribution in [0.4, 0.5) is 0 Å². The third-order valence-corrected chi connectivity index (χ3v) is 4.39. The Morgan fingerprint density at radius 1 is 1.27 bits per heavy atom. The summed E-state index contributed by atoms with van der Waals surface area (Å²) >= 11 is 0. The summed E-state index contributed by atoms with van der Waals surface area (Å²) in [4.78, 5) is 12.0. The van der Waals surface area contributed by atoms with Crippen LogP contribution in [0.1, 0.15) is 30.7 Å². The smallest absolute Gasteiger partial charge is 0.226 e. The van der Waals surface area contributed by atoms with Crippen molar-refractivity contribution in [3.05, 3.63) is 47.9 Å². The number of unbranched alkanes of at least 4 members (excludes halogenated alkanes) is 1. The molecule has 3 rings (SSSR count). The monoisotopic (exact) mass is 358 g/mol. The van der Waals surface area contributed by atoms with Gasteiger partial charge in [-0.1, -0.05) is 23.4 Å². The van der Waals surface area contributed by atoms with Crippen LogP contribution in [0.25, 0.3) is 0 Å². The van der Waals surface area contributed by atoms with Gasteiger partial charge < -0.3 is 19.3 Å². The first kappa shape index (κ1) is 18.5. The summed E-state index contributed by atoms with van der Waals surface area (Å²) in [5.41, 5.74) is 0.681. The van der Waals surface area contributed by atoms with Crippen LogP contribution in [0.3, 0.4) is 0 Å². The molecule has 2 aromatic rings. The molecule has 1 atom stereocenters. The molecule has 26 heavy (non-hydrogen) atoms. The fourth-order valence-electron chi connectivity index (χ4n) is 2.89. The number of nitrogens with zero attached hydrogens (tertiary/aromatic N) is 1. The second-order valence-corrected chi connectivity index (χ2v) is 6.61. The molecule has 6 nitrogen and oxygen atoms in total. The van der Waals surface area contributed by atoms with Crippen molar-refractivity contribution in [1.82, 2.24) is 10.5 Å². The van der Waals surface area contributed by atoms with Crippen molar-refractivity contribution in [1.29, 1.82) is 0 Å². The first-order valence-corrected chi connectivity index (χ1v) is 9.26.